The Kier molecular flexibility index (Phi) is 4.86. The summed E-state index contributed by atoms with van der Waals surface area (Å²) in [5.41, 5.74) is 1.43. The molecule has 1 amide bonds. The second-order valence-electron chi connectivity index (χ2n) is 3.78. The topological polar surface area (TPSA) is 41.1 Å². The molecule has 0 aliphatic rings. The van der Waals surface area contributed by atoms with Gasteiger partial charge in [-0.15, -0.1) is 0 Å². The van der Waals surface area contributed by atoms with E-state index in [0.29, 0.717) is 5.56 Å². The molecule has 0 saturated heterocycles. The first-order chi connectivity index (χ1) is 9.15. The molecule has 0 radical (unpaired) electrons. The van der Waals surface area contributed by atoms with Crippen molar-refractivity contribution in [2.75, 3.05) is 5.32 Å². The number of carbonyl (C=O) groups excluding carboxylic acids is 1. The number of para-hydroxylation sites is 1. The summed E-state index contributed by atoms with van der Waals surface area (Å²) in [7, 11) is 0. The highest BCUT2D eigenvalue weighted by atomic mass is 127. The van der Waals surface area contributed by atoms with Crippen LogP contribution in [0.3, 0.4) is 0 Å². The third-order valence-electron chi connectivity index (χ3n) is 2.35. The predicted octanol–water partition coefficient (Wildman–Crippen LogP) is 3.42. The molecule has 5 heteroatoms. The molecule has 0 bridgehead atoms. The third kappa shape index (κ3) is 4.29. The summed E-state index contributed by atoms with van der Waals surface area (Å²) in [6.07, 6.45) is 0. The van der Waals surface area contributed by atoms with Crippen molar-refractivity contribution >= 4 is 51.5 Å². The highest BCUT2D eigenvalue weighted by Gasteiger charge is 2.07. The second kappa shape index (κ2) is 6.63. The first-order valence-corrected chi connectivity index (χ1v) is 7.07. The van der Waals surface area contributed by atoms with Crippen LogP contribution in [0.4, 0.5) is 5.69 Å². The van der Waals surface area contributed by atoms with E-state index in [1.807, 2.05) is 42.5 Å². The number of halogens is 1. The van der Waals surface area contributed by atoms with Crippen LogP contribution in [0.25, 0.3) is 0 Å². The van der Waals surface area contributed by atoms with Crippen molar-refractivity contribution in [2.45, 2.75) is 0 Å². The van der Waals surface area contributed by atoms with Crippen LogP contribution in [-0.4, -0.2) is 11.0 Å². The number of hydrogen-bond donors (Lipinski definition) is 2. The van der Waals surface area contributed by atoms with E-state index in [1.54, 1.807) is 12.1 Å². The average molecular weight is 382 g/mol. The van der Waals surface area contributed by atoms with Gasteiger partial charge in [-0.2, -0.15) is 0 Å². The minimum Gasteiger partial charge on any atom is -0.332 e. The number of carbonyl (C=O) groups is 1. The number of amides is 1. The summed E-state index contributed by atoms with van der Waals surface area (Å²) in [4.78, 5) is 12.0. The van der Waals surface area contributed by atoms with Crippen molar-refractivity contribution in [3.8, 4) is 0 Å². The molecule has 0 atom stereocenters. The van der Waals surface area contributed by atoms with Crippen molar-refractivity contribution in [1.82, 2.24) is 5.32 Å². The van der Waals surface area contributed by atoms with Crippen molar-refractivity contribution < 1.29 is 4.79 Å². The zero-order valence-electron chi connectivity index (χ0n) is 9.89. The molecule has 0 aliphatic heterocycles. The quantitative estimate of drug-likeness (QED) is 0.618. The molecule has 0 saturated carbocycles. The van der Waals surface area contributed by atoms with E-state index < -0.39 is 0 Å². The van der Waals surface area contributed by atoms with Crippen LogP contribution >= 0.6 is 34.8 Å². The summed E-state index contributed by atoms with van der Waals surface area (Å²) in [6, 6.07) is 16.8. The van der Waals surface area contributed by atoms with Gasteiger partial charge in [-0.25, -0.2) is 0 Å². The Balaban J connectivity index is 1.98. The number of rotatable bonds is 2. The zero-order chi connectivity index (χ0) is 13.7. The monoisotopic (exact) mass is 382 g/mol. The minimum absolute atomic E-state index is 0.216. The van der Waals surface area contributed by atoms with Crippen LogP contribution in [0.1, 0.15) is 10.4 Å². The Labute approximate surface area is 130 Å². The fourth-order valence-corrected chi connectivity index (χ4v) is 2.24. The van der Waals surface area contributed by atoms with E-state index in [-0.39, 0.29) is 11.0 Å². The minimum atomic E-state index is -0.216. The number of benzene rings is 2. The van der Waals surface area contributed by atoms with Crippen LogP contribution in [-0.2, 0) is 0 Å². The highest BCUT2D eigenvalue weighted by Crippen LogP contribution is 2.08. The van der Waals surface area contributed by atoms with Crippen LogP contribution in [0.5, 0.6) is 0 Å². The Morgan fingerprint density at radius 2 is 1.79 bits per heavy atom. The molecule has 19 heavy (non-hydrogen) atoms. The van der Waals surface area contributed by atoms with E-state index >= 15 is 0 Å². The molecule has 3 nitrogen and oxygen atoms in total. The van der Waals surface area contributed by atoms with Crippen molar-refractivity contribution in [2.24, 2.45) is 0 Å². The van der Waals surface area contributed by atoms with Gasteiger partial charge in [0.15, 0.2) is 5.11 Å². The molecule has 0 spiro atoms. The molecule has 0 unspecified atom stereocenters. The van der Waals surface area contributed by atoms with Crippen molar-refractivity contribution in [1.29, 1.82) is 0 Å². The van der Waals surface area contributed by atoms with E-state index in [9.17, 15) is 4.79 Å². The van der Waals surface area contributed by atoms with Crippen LogP contribution < -0.4 is 10.6 Å². The van der Waals surface area contributed by atoms with E-state index in [2.05, 4.69) is 33.2 Å². The van der Waals surface area contributed by atoms with Gasteiger partial charge >= 0.3 is 0 Å². The lowest BCUT2D eigenvalue weighted by atomic mass is 10.2. The Hall–Kier alpha value is -1.47. The summed E-state index contributed by atoms with van der Waals surface area (Å²) >= 11 is 7.26. The lowest BCUT2D eigenvalue weighted by Crippen LogP contribution is -2.34. The van der Waals surface area contributed by atoms with E-state index in [0.717, 1.165) is 9.26 Å². The predicted molar refractivity (Wildman–Crippen MR) is 89.3 cm³/mol. The molecule has 0 aromatic heterocycles. The van der Waals surface area contributed by atoms with E-state index in [4.69, 9.17) is 12.2 Å². The third-order valence-corrected chi connectivity index (χ3v) is 3.22. The standard InChI is InChI=1S/C14H11IN2OS/c15-11-6-4-5-10(9-11)13(18)17-14(19)16-12-7-2-1-3-8-12/h1-9H,(H2,16,17,18,19). The zero-order valence-corrected chi connectivity index (χ0v) is 12.9. The van der Waals surface area contributed by atoms with Crippen LogP contribution in [0.15, 0.2) is 54.6 Å². The molecule has 2 aromatic carbocycles. The SMILES string of the molecule is O=C(NC(=S)Nc1ccccc1)c1cccc(I)c1. The molecule has 0 aliphatic carbocycles. The Bertz CT molecular complexity index is 601. The molecule has 2 aromatic rings. The van der Waals surface area contributed by atoms with Gasteiger partial charge in [0.25, 0.3) is 5.91 Å². The normalized spacial score (nSPS) is 9.74. The van der Waals surface area contributed by atoms with Gasteiger partial charge in [-0.05, 0) is 65.1 Å². The lowest BCUT2D eigenvalue weighted by Gasteiger charge is -2.09. The van der Waals surface area contributed by atoms with Crippen molar-refractivity contribution in [3.63, 3.8) is 0 Å². The number of thiocarbonyl (C=S) groups is 1. The maximum absolute atomic E-state index is 12.0. The number of hydrogen-bond acceptors (Lipinski definition) is 2. The lowest BCUT2D eigenvalue weighted by molar-refractivity contribution is 0.0977. The van der Waals surface area contributed by atoms with Gasteiger partial charge in [-0.1, -0.05) is 24.3 Å². The van der Waals surface area contributed by atoms with Crippen LogP contribution in [0, 0.1) is 3.57 Å². The van der Waals surface area contributed by atoms with Gasteiger partial charge in [0.1, 0.15) is 0 Å². The molecular weight excluding hydrogens is 371 g/mol. The first kappa shape index (κ1) is 14.0. The summed E-state index contributed by atoms with van der Waals surface area (Å²) in [5, 5.41) is 5.89. The summed E-state index contributed by atoms with van der Waals surface area (Å²) < 4.78 is 1.01. The summed E-state index contributed by atoms with van der Waals surface area (Å²) in [5.74, 6) is -0.216. The molecular formula is C14H11IN2OS. The largest absolute Gasteiger partial charge is 0.332 e. The second-order valence-corrected chi connectivity index (χ2v) is 5.44. The maximum atomic E-state index is 12.0. The number of anilines is 1. The molecule has 0 fully saturated rings. The smallest absolute Gasteiger partial charge is 0.257 e. The molecule has 96 valence electrons. The maximum Gasteiger partial charge on any atom is 0.257 e. The van der Waals surface area contributed by atoms with Gasteiger partial charge in [0.05, 0.1) is 0 Å². The van der Waals surface area contributed by atoms with Gasteiger partial charge in [-0.3, -0.25) is 10.1 Å². The average Bonchev–Trinajstić information content (AvgIpc) is 2.39. The van der Waals surface area contributed by atoms with Gasteiger partial charge in [0.2, 0.25) is 0 Å². The van der Waals surface area contributed by atoms with Gasteiger partial charge in [0, 0.05) is 14.8 Å². The summed E-state index contributed by atoms with van der Waals surface area (Å²) in [6.45, 7) is 0. The van der Waals surface area contributed by atoms with Crippen molar-refractivity contribution in [3.05, 3.63) is 63.7 Å². The molecule has 2 N–H and O–H groups in total. The molecule has 2 rings (SSSR count). The fraction of sp³-hybridized carbons (Fsp3) is 0. The number of nitrogens with one attached hydrogen (secondary N) is 2. The molecule has 0 heterocycles. The first-order valence-electron chi connectivity index (χ1n) is 5.58. The van der Waals surface area contributed by atoms with Gasteiger partial charge < -0.3 is 5.32 Å². The highest BCUT2D eigenvalue weighted by molar-refractivity contribution is 14.1. The Morgan fingerprint density at radius 3 is 2.47 bits per heavy atom. The Morgan fingerprint density at radius 1 is 1.05 bits per heavy atom. The van der Waals surface area contributed by atoms with E-state index in [1.165, 1.54) is 0 Å². The van der Waals surface area contributed by atoms with Crippen LogP contribution in [0.2, 0.25) is 0 Å². The fourth-order valence-electron chi connectivity index (χ4n) is 1.49.